The van der Waals surface area contributed by atoms with Gasteiger partial charge in [0.2, 0.25) is 0 Å². The number of carbonyl (C=O) groups excluding carboxylic acids is 2. The minimum absolute atomic E-state index is 0.201. The smallest absolute Gasteiger partial charge is 0.329 e. The molecule has 0 saturated carbocycles. The summed E-state index contributed by atoms with van der Waals surface area (Å²) in [5.41, 5.74) is 5.55. The number of aryl methyl sites for hydroxylation is 2. The zero-order chi connectivity index (χ0) is 19.8. The second kappa shape index (κ2) is 7.00. The lowest BCUT2D eigenvalue weighted by Crippen LogP contribution is -2.43. The zero-order valence-electron chi connectivity index (χ0n) is 16.2. The molecule has 1 aliphatic rings. The van der Waals surface area contributed by atoms with Crippen LogP contribution in [-0.4, -0.2) is 29.6 Å². The van der Waals surface area contributed by atoms with Crippen LogP contribution in [0.15, 0.2) is 60.7 Å². The maximum absolute atomic E-state index is 13.3. The van der Waals surface area contributed by atoms with Crippen LogP contribution in [0.25, 0.3) is 5.69 Å². The molecule has 1 unspecified atom stereocenters. The highest BCUT2D eigenvalue weighted by Crippen LogP contribution is 2.34. The summed E-state index contributed by atoms with van der Waals surface area (Å²) in [6, 6.07) is 18.6. The second-order valence-electron chi connectivity index (χ2n) is 7.05. The first-order valence-electron chi connectivity index (χ1n) is 9.26. The van der Waals surface area contributed by atoms with Gasteiger partial charge in [0, 0.05) is 34.7 Å². The standard InChI is InChI=1S/C23H22N2O3/c1-15-8-9-16(2)24(15)19-12-10-17(11-13-19)22(26)25-20-7-5-4-6-18(20)14-21(25)23(27)28-3/h4-13,21H,14H2,1-3H3. The van der Waals surface area contributed by atoms with Crippen LogP contribution in [0, 0.1) is 13.8 Å². The van der Waals surface area contributed by atoms with Gasteiger partial charge in [0.25, 0.3) is 5.91 Å². The topological polar surface area (TPSA) is 51.5 Å². The molecule has 0 aliphatic carbocycles. The van der Waals surface area contributed by atoms with E-state index in [-0.39, 0.29) is 5.91 Å². The van der Waals surface area contributed by atoms with E-state index >= 15 is 0 Å². The average molecular weight is 374 g/mol. The summed E-state index contributed by atoms with van der Waals surface area (Å²) >= 11 is 0. The molecule has 5 nitrogen and oxygen atoms in total. The number of nitrogens with zero attached hydrogens (tertiary/aromatic N) is 2. The fourth-order valence-corrected chi connectivity index (χ4v) is 3.93. The Balaban J connectivity index is 1.69. The van der Waals surface area contributed by atoms with Gasteiger partial charge >= 0.3 is 5.97 Å². The molecule has 1 aliphatic heterocycles. The third-order valence-electron chi connectivity index (χ3n) is 5.31. The van der Waals surface area contributed by atoms with E-state index < -0.39 is 12.0 Å². The van der Waals surface area contributed by atoms with Crippen LogP contribution in [0.2, 0.25) is 0 Å². The average Bonchev–Trinajstić information content (AvgIpc) is 3.27. The van der Waals surface area contributed by atoms with E-state index in [0.29, 0.717) is 12.0 Å². The van der Waals surface area contributed by atoms with E-state index in [1.165, 1.54) is 7.11 Å². The number of fused-ring (bicyclic) bond motifs is 1. The highest BCUT2D eigenvalue weighted by atomic mass is 16.5. The molecule has 2 aromatic carbocycles. The Kier molecular flexibility index (Phi) is 4.51. The van der Waals surface area contributed by atoms with E-state index in [1.807, 2.05) is 62.4 Å². The number of rotatable bonds is 3. The molecule has 2 heterocycles. The summed E-state index contributed by atoms with van der Waals surface area (Å²) in [6.45, 7) is 4.10. The second-order valence-corrected chi connectivity index (χ2v) is 7.05. The summed E-state index contributed by atoms with van der Waals surface area (Å²) < 4.78 is 7.08. The summed E-state index contributed by atoms with van der Waals surface area (Å²) in [4.78, 5) is 27.1. The summed E-state index contributed by atoms with van der Waals surface area (Å²) in [6.07, 6.45) is 0.467. The molecule has 0 radical (unpaired) electrons. The van der Waals surface area contributed by atoms with Crippen molar-refractivity contribution in [2.24, 2.45) is 0 Å². The Hall–Kier alpha value is -3.34. The molecule has 0 N–H and O–H groups in total. The number of methoxy groups -OCH3 is 1. The number of anilines is 1. The Morgan fingerprint density at radius 3 is 2.21 bits per heavy atom. The minimum atomic E-state index is -0.636. The normalized spacial score (nSPS) is 15.4. The van der Waals surface area contributed by atoms with E-state index in [9.17, 15) is 9.59 Å². The van der Waals surface area contributed by atoms with Crippen LogP contribution >= 0.6 is 0 Å². The summed E-state index contributed by atoms with van der Waals surface area (Å²) in [5.74, 6) is -0.604. The van der Waals surface area contributed by atoms with Crippen molar-refractivity contribution in [3.8, 4) is 5.69 Å². The van der Waals surface area contributed by atoms with Crippen molar-refractivity contribution in [1.29, 1.82) is 0 Å². The first-order valence-corrected chi connectivity index (χ1v) is 9.26. The molecule has 0 fully saturated rings. The number of benzene rings is 2. The third-order valence-corrected chi connectivity index (χ3v) is 5.31. The zero-order valence-corrected chi connectivity index (χ0v) is 16.2. The molecular weight excluding hydrogens is 352 g/mol. The number of amides is 1. The van der Waals surface area contributed by atoms with Crippen LogP contribution < -0.4 is 4.90 Å². The highest BCUT2D eigenvalue weighted by Gasteiger charge is 2.39. The van der Waals surface area contributed by atoms with E-state index in [4.69, 9.17) is 4.74 Å². The molecule has 1 atom stereocenters. The largest absolute Gasteiger partial charge is 0.467 e. The molecule has 28 heavy (non-hydrogen) atoms. The lowest BCUT2D eigenvalue weighted by atomic mass is 10.1. The van der Waals surface area contributed by atoms with Gasteiger partial charge in [0.15, 0.2) is 0 Å². The van der Waals surface area contributed by atoms with Gasteiger partial charge in [-0.3, -0.25) is 9.69 Å². The van der Waals surface area contributed by atoms with Crippen LogP contribution in [0.4, 0.5) is 5.69 Å². The van der Waals surface area contributed by atoms with Crippen molar-refractivity contribution in [2.45, 2.75) is 26.3 Å². The molecular formula is C23H22N2O3. The fourth-order valence-electron chi connectivity index (χ4n) is 3.93. The van der Waals surface area contributed by atoms with Crippen molar-refractivity contribution < 1.29 is 14.3 Å². The maximum atomic E-state index is 13.3. The number of hydrogen-bond donors (Lipinski definition) is 0. The minimum Gasteiger partial charge on any atom is -0.467 e. The molecule has 1 aromatic heterocycles. The number of esters is 1. The summed E-state index contributed by atoms with van der Waals surface area (Å²) in [7, 11) is 1.35. The molecule has 5 heteroatoms. The lowest BCUT2D eigenvalue weighted by molar-refractivity contribution is -0.141. The van der Waals surface area contributed by atoms with Crippen LogP contribution in [0.1, 0.15) is 27.3 Å². The molecule has 142 valence electrons. The predicted octanol–water partition coefficient (Wildman–Crippen LogP) is 3.84. The number of carbonyl (C=O) groups is 2. The molecule has 0 saturated heterocycles. The van der Waals surface area contributed by atoms with Crippen molar-refractivity contribution in [3.63, 3.8) is 0 Å². The number of para-hydroxylation sites is 1. The van der Waals surface area contributed by atoms with Crippen LogP contribution in [0.3, 0.4) is 0 Å². The monoisotopic (exact) mass is 374 g/mol. The molecule has 3 aromatic rings. The Labute approximate surface area is 164 Å². The SMILES string of the molecule is COC(=O)C1Cc2ccccc2N1C(=O)c1ccc(-n2c(C)ccc2C)cc1. The lowest BCUT2D eigenvalue weighted by Gasteiger charge is -2.24. The van der Waals surface area contributed by atoms with Crippen LogP contribution in [0.5, 0.6) is 0 Å². The van der Waals surface area contributed by atoms with Gasteiger partial charge in [0.1, 0.15) is 6.04 Å². The van der Waals surface area contributed by atoms with Crippen LogP contribution in [-0.2, 0) is 16.0 Å². The van der Waals surface area contributed by atoms with Crippen molar-refractivity contribution in [3.05, 3.63) is 83.2 Å². The Morgan fingerprint density at radius 2 is 1.57 bits per heavy atom. The number of aromatic nitrogens is 1. The molecule has 0 bridgehead atoms. The van der Waals surface area contributed by atoms with Gasteiger partial charge in [-0.1, -0.05) is 18.2 Å². The van der Waals surface area contributed by atoms with Crippen molar-refractivity contribution in [1.82, 2.24) is 4.57 Å². The van der Waals surface area contributed by atoms with Crippen molar-refractivity contribution in [2.75, 3.05) is 12.0 Å². The summed E-state index contributed by atoms with van der Waals surface area (Å²) in [5, 5.41) is 0. The van der Waals surface area contributed by atoms with E-state index in [2.05, 4.69) is 16.7 Å². The van der Waals surface area contributed by atoms with Gasteiger partial charge in [-0.05, 0) is 61.9 Å². The van der Waals surface area contributed by atoms with Crippen molar-refractivity contribution >= 4 is 17.6 Å². The van der Waals surface area contributed by atoms with E-state index in [1.54, 1.807) is 4.90 Å². The third kappa shape index (κ3) is 2.89. The van der Waals surface area contributed by atoms with E-state index in [0.717, 1.165) is 28.3 Å². The quantitative estimate of drug-likeness (QED) is 0.655. The first kappa shape index (κ1) is 18.0. The van der Waals surface area contributed by atoms with Gasteiger partial charge < -0.3 is 9.30 Å². The molecule has 4 rings (SSSR count). The predicted molar refractivity (Wildman–Crippen MR) is 108 cm³/mol. The van der Waals surface area contributed by atoms with Gasteiger partial charge in [0.05, 0.1) is 7.11 Å². The molecule has 1 amide bonds. The number of hydrogen-bond acceptors (Lipinski definition) is 3. The fraction of sp³-hybridized carbons (Fsp3) is 0.217. The Morgan fingerprint density at radius 1 is 0.929 bits per heavy atom. The molecule has 0 spiro atoms. The highest BCUT2D eigenvalue weighted by molar-refractivity contribution is 6.11. The van der Waals surface area contributed by atoms with Gasteiger partial charge in [-0.2, -0.15) is 0 Å². The van der Waals surface area contributed by atoms with Gasteiger partial charge in [-0.25, -0.2) is 4.79 Å². The first-order chi connectivity index (χ1) is 13.5. The van der Waals surface area contributed by atoms with Gasteiger partial charge in [-0.15, -0.1) is 0 Å². The number of ether oxygens (including phenoxy) is 1. The Bertz CT molecular complexity index is 1030. The maximum Gasteiger partial charge on any atom is 0.329 e.